The van der Waals surface area contributed by atoms with Gasteiger partial charge in [-0.1, -0.05) is 6.92 Å². The van der Waals surface area contributed by atoms with Crippen LogP contribution in [0.5, 0.6) is 0 Å². The Kier molecular flexibility index (Phi) is 4.76. The summed E-state index contributed by atoms with van der Waals surface area (Å²) in [6.45, 7) is 3.45. The van der Waals surface area contributed by atoms with Gasteiger partial charge in [-0.2, -0.15) is 0 Å². The third-order valence-corrected chi connectivity index (χ3v) is 4.42. The second-order valence-corrected chi connectivity index (χ2v) is 5.36. The second-order valence-electron chi connectivity index (χ2n) is 4.57. The van der Waals surface area contributed by atoms with Gasteiger partial charge in [0.15, 0.2) is 5.82 Å². The van der Waals surface area contributed by atoms with E-state index in [9.17, 15) is 0 Å². The molecule has 0 bridgehead atoms. The zero-order valence-corrected chi connectivity index (χ0v) is 13.2. The van der Waals surface area contributed by atoms with Gasteiger partial charge in [0.25, 0.3) is 0 Å². The molecule has 1 saturated heterocycles. The van der Waals surface area contributed by atoms with Gasteiger partial charge in [-0.25, -0.2) is 9.97 Å². The van der Waals surface area contributed by atoms with E-state index in [0.29, 0.717) is 13.2 Å². The monoisotopic (exact) mass is 329 g/mol. The molecule has 0 aliphatic carbocycles. The van der Waals surface area contributed by atoms with Gasteiger partial charge >= 0.3 is 0 Å². The van der Waals surface area contributed by atoms with Crippen LogP contribution < -0.4 is 5.32 Å². The Morgan fingerprint density at radius 3 is 2.58 bits per heavy atom. The van der Waals surface area contributed by atoms with Gasteiger partial charge in [-0.3, -0.25) is 0 Å². The Bertz CT molecular complexity index is 423. The second kappa shape index (κ2) is 6.15. The van der Waals surface area contributed by atoms with Crippen LogP contribution >= 0.6 is 15.9 Å². The molecule has 1 aliphatic heterocycles. The Balaban J connectivity index is 2.48. The Hall–Kier alpha value is -0.720. The fourth-order valence-corrected chi connectivity index (χ4v) is 2.97. The lowest BCUT2D eigenvalue weighted by atomic mass is 9.93. The molecule has 1 fully saturated rings. The van der Waals surface area contributed by atoms with Crippen molar-refractivity contribution in [2.75, 3.05) is 32.7 Å². The first-order chi connectivity index (χ1) is 9.16. The van der Waals surface area contributed by atoms with Crippen molar-refractivity contribution in [2.24, 2.45) is 0 Å². The molecular weight excluding hydrogens is 310 g/mol. The summed E-state index contributed by atoms with van der Waals surface area (Å²) in [4.78, 5) is 9.30. The predicted molar refractivity (Wildman–Crippen MR) is 77.4 cm³/mol. The minimum absolute atomic E-state index is 0.422. The highest BCUT2D eigenvalue weighted by Crippen LogP contribution is 2.35. The normalized spacial score (nSPS) is 18.3. The van der Waals surface area contributed by atoms with Crippen molar-refractivity contribution in [3.8, 4) is 0 Å². The zero-order chi connectivity index (χ0) is 13.9. The third kappa shape index (κ3) is 2.75. The molecule has 0 atom stereocenters. The lowest BCUT2D eigenvalue weighted by Gasteiger charge is -2.34. The molecular formula is C13H20BrN3O2. The number of methoxy groups -OCH3 is 1. The molecule has 6 heteroatoms. The first kappa shape index (κ1) is 14.7. The minimum atomic E-state index is -0.422. The molecule has 0 saturated carbocycles. The summed E-state index contributed by atoms with van der Waals surface area (Å²) in [7, 11) is 3.58. The van der Waals surface area contributed by atoms with Crippen LogP contribution in [0.2, 0.25) is 0 Å². The predicted octanol–water partition coefficient (Wildman–Crippen LogP) is 2.50. The molecule has 0 spiro atoms. The lowest BCUT2D eigenvalue weighted by molar-refractivity contribution is -0.1000. The van der Waals surface area contributed by atoms with Crippen LogP contribution in [0, 0.1) is 0 Å². The number of anilines is 1. The van der Waals surface area contributed by atoms with Crippen LogP contribution in [-0.2, 0) is 21.5 Å². The van der Waals surface area contributed by atoms with E-state index in [4.69, 9.17) is 9.47 Å². The summed E-state index contributed by atoms with van der Waals surface area (Å²) < 4.78 is 12.1. The summed E-state index contributed by atoms with van der Waals surface area (Å²) in [5, 5.41) is 3.11. The summed E-state index contributed by atoms with van der Waals surface area (Å²) in [5.74, 6) is 1.56. The first-order valence-electron chi connectivity index (χ1n) is 6.54. The van der Waals surface area contributed by atoms with Gasteiger partial charge in [0.2, 0.25) is 0 Å². The summed E-state index contributed by atoms with van der Waals surface area (Å²) in [6.07, 6.45) is 2.43. The topological polar surface area (TPSA) is 56.3 Å². The van der Waals surface area contributed by atoms with Crippen LogP contribution in [0.15, 0.2) is 4.47 Å². The fraction of sp³-hybridized carbons (Fsp3) is 0.692. The van der Waals surface area contributed by atoms with Gasteiger partial charge in [0.05, 0.1) is 10.2 Å². The SMILES string of the molecule is CCc1nc(C2(OC)CCOCC2)nc(NC)c1Br. The third-order valence-electron chi connectivity index (χ3n) is 3.59. The highest BCUT2D eigenvalue weighted by atomic mass is 79.9. The number of ether oxygens (including phenoxy) is 2. The van der Waals surface area contributed by atoms with Crippen LogP contribution in [0.3, 0.4) is 0 Å². The Morgan fingerprint density at radius 1 is 1.37 bits per heavy atom. The highest BCUT2D eigenvalue weighted by Gasteiger charge is 2.38. The van der Waals surface area contributed by atoms with E-state index >= 15 is 0 Å². The zero-order valence-electron chi connectivity index (χ0n) is 11.6. The van der Waals surface area contributed by atoms with E-state index in [0.717, 1.165) is 41.1 Å². The van der Waals surface area contributed by atoms with Crippen LogP contribution in [0.4, 0.5) is 5.82 Å². The molecule has 0 radical (unpaired) electrons. The molecule has 0 aromatic carbocycles. The van der Waals surface area contributed by atoms with Gasteiger partial charge in [-0.15, -0.1) is 0 Å². The number of halogens is 1. The number of hydrogen-bond acceptors (Lipinski definition) is 5. The van der Waals surface area contributed by atoms with Crippen LogP contribution in [0.25, 0.3) is 0 Å². The maximum absolute atomic E-state index is 5.76. The van der Waals surface area contributed by atoms with Crippen molar-refractivity contribution in [3.63, 3.8) is 0 Å². The molecule has 19 heavy (non-hydrogen) atoms. The molecule has 2 heterocycles. The van der Waals surface area contributed by atoms with Gasteiger partial charge < -0.3 is 14.8 Å². The molecule has 5 nitrogen and oxygen atoms in total. The molecule has 106 valence electrons. The average Bonchev–Trinajstić information content (AvgIpc) is 2.48. The number of hydrogen-bond donors (Lipinski definition) is 1. The summed E-state index contributed by atoms with van der Waals surface area (Å²) in [5.41, 5.74) is 0.575. The summed E-state index contributed by atoms with van der Waals surface area (Å²) in [6, 6.07) is 0. The number of aromatic nitrogens is 2. The standard InChI is InChI=1S/C13H20BrN3O2/c1-4-9-10(14)11(15-2)17-12(16-9)13(18-3)5-7-19-8-6-13/h4-8H2,1-3H3,(H,15,16,17). The van der Waals surface area contributed by atoms with E-state index in [-0.39, 0.29) is 0 Å². The van der Waals surface area contributed by atoms with E-state index in [1.807, 2.05) is 7.05 Å². The van der Waals surface area contributed by atoms with Gasteiger partial charge in [0.1, 0.15) is 11.4 Å². The molecule has 1 aromatic heterocycles. The average molecular weight is 330 g/mol. The number of rotatable bonds is 4. The number of aryl methyl sites for hydroxylation is 1. The van der Waals surface area contributed by atoms with Gasteiger partial charge in [-0.05, 0) is 22.4 Å². The quantitative estimate of drug-likeness (QED) is 0.919. The van der Waals surface area contributed by atoms with Crippen molar-refractivity contribution >= 4 is 21.7 Å². The van der Waals surface area contributed by atoms with E-state index < -0.39 is 5.60 Å². The molecule has 2 rings (SSSR count). The Morgan fingerprint density at radius 2 is 2.05 bits per heavy atom. The molecule has 1 aromatic rings. The maximum atomic E-state index is 5.76. The fourth-order valence-electron chi connectivity index (χ4n) is 2.32. The molecule has 1 N–H and O–H groups in total. The minimum Gasteiger partial charge on any atom is -0.381 e. The van der Waals surface area contributed by atoms with Crippen molar-refractivity contribution in [3.05, 3.63) is 16.0 Å². The van der Waals surface area contributed by atoms with E-state index in [1.165, 1.54) is 0 Å². The van der Waals surface area contributed by atoms with Crippen LogP contribution in [0.1, 0.15) is 31.3 Å². The first-order valence-corrected chi connectivity index (χ1v) is 7.33. The maximum Gasteiger partial charge on any atom is 0.163 e. The molecule has 0 amide bonds. The largest absolute Gasteiger partial charge is 0.381 e. The van der Waals surface area contributed by atoms with Crippen molar-refractivity contribution < 1.29 is 9.47 Å². The van der Waals surface area contributed by atoms with E-state index in [2.05, 4.69) is 38.1 Å². The number of nitrogens with zero attached hydrogens (tertiary/aromatic N) is 2. The van der Waals surface area contributed by atoms with Crippen molar-refractivity contribution in [2.45, 2.75) is 31.8 Å². The van der Waals surface area contributed by atoms with Gasteiger partial charge in [0, 0.05) is 40.2 Å². The smallest absolute Gasteiger partial charge is 0.163 e. The molecule has 1 aliphatic rings. The molecule has 0 unspecified atom stereocenters. The Labute approximate surface area is 122 Å². The summed E-state index contributed by atoms with van der Waals surface area (Å²) >= 11 is 3.55. The van der Waals surface area contributed by atoms with Crippen LogP contribution in [-0.4, -0.2) is 37.3 Å². The van der Waals surface area contributed by atoms with Crippen molar-refractivity contribution in [1.82, 2.24) is 9.97 Å². The number of nitrogens with one attached hydrogen (secondary N) is 1. The van der Waals surface area contributed by atoms with Crippen molar-refractivity contribution in [1.29, 1.82) is 0 Å². The lowest BCUT2D eigenvalue weighted by Crippen LogP contribution is -2.37. The van der Waals surface area contributed by atoms with E-state index in [1.54, 1.807) is 7.11 Å². The highest BCUT2D eigenvalue weighted by molar-refractivity contribution is 9.10.